The van der Waals surface area contributed by atoms with Crippen molar-refractivity contribution in [3.8, 4) is 5.75 Å². The summed E-state index contributed by atoms with van der Waals surface area (Å²) in [6, 6.07) is 6.93. The van der Waals surface area contributed by atoms with E-state index in [0.717, 1.165) is 12.8 Å². The average molecular weight is 549 g/mol. The van der Waals surface area contributed by atoms with E-state index < -0.39 is 12.3 Å². The Morgan fingerprint density at radius 1 is 1.03 bits per heavy atom. The third-order valence-corrected chi connectivity index (χ3v) is 7.67. The number of primary amides is 1. The molecule has 2 amide bonds. The average Bonchev–Trinajstić information content (AvgIpc) is 3.20. The summed E-state index contributed by atoms with van der Waals surface area (Å²) in [7, 11) is 0. The number of benzene rings is 1. The van der Waals surface area contributed by atoms with Gasteiger partial charge in [-0.1, -0.05) is 31.4 Å². The maximum Gasteiger partial charge on any atom is 0.573 e. The maximum absolute atomic E-state index is 13.4. The van der Waals surface area contributed by atoms with Crippen LogP contribution in [-0.4, -0.2) is 71.1 Å². The number of hydrogen-bond donors (Lipinski definition) is 1. The van der Waals surface area contributed by atoms with Crippen molar-refractivity contribution in [3.63, 3.8) is 0 Å². The van der Waals surface area contributed by atoms with Crippen molar-refractivity contribution in [1.82, 2.24) is 14.4 Å². The first-order valence-electron chi connectivity index (χ1n) is 13.4. The predicted molar refractivity (Wildman–Crippen MR) is 138 cm³/mol. The molecule has 2 aromatic rings. The molecule has 0 spiro atoms. The number of halogens is 3. The molecule has 0 bridgehead atoms. The fourth-order valence-corrected chi connectivity index (χ4v) is 5.56. The van der Waals surface area contributed by atoms with E-state index in [1.165, 1.54) is 43.5 Å². The highest BCUT2D eigenvalue weighted by molar-refractivity contribution is 6.01. The molecule has 2 N–H and O–H groups in total. The number of carbonyl (C=O) groups excluding carboxylic acids is 3. The van der Waals surface area contributed by atoms with Crippen LogP contribution in [0.15, 0.2) is 30.3 Å². The van der Waals surface area contributed by atoms with E-state index in [1.54, 1.807) is 17.6 Å². The van der Waals surface area contributed by atoms with Crippen LogP contribution in [0.4, 0.5) is 13.2 Å². The highest BCUT2D eigenvalue weighted by Gasteiger charge is 2.31. The van der Waals surface area contributed by atoms with Crippen LogP contribution < -0.4 is 10.5 Å². The third kappa shape index (κ3) is 7.62. The molecule has 212 valence electrons. The van der Waals surface area contributed by atoms with Crippen molar-refractivity contribution in [2.75, 3.05) is 32.7 Å². The van der Waals surface area contributed by atoms with Gasteiger partial charge in [0, 0.05) is 44.8 Å². The maximum atomic E-state index is 13.4. The Bertz CT molecular complexity index is 1200. The van der Waals surface area contributed by atoms with Crippen LogP contribution in [0.25, 0.3) is 0 Å². The van der Waals surface area contributed by atoms with Gasteiger partial charge in [0.25, 0.3) is 5.91 Å². The summed E-state index contributed by atoms with van der Waals surface area (Å²) in [5.74, 6) is -0.652. The van der Waals surface area contributed by atoms with Gasteiger partial charge in [-0.25, -0.2) is 0 Å². The van der Waals surface area contributed by atoms with Crippen LogP contribution in [-0.2, 0) is 11.3 Å². The second-order valence-electron chi connectivity index (χ2n) is 10.5. The normalized spacial score (nSPS) is 17.3. The van der Waals surface area contributed by atoms with E-state index in [2.05, 4.69) is 4.74 Å². The smallest absolute Gasteiger partial charge is 0.406 e. The standard InChI is InChI=1S/C28H35F3N4O4/c1-19-23(27(32)38)16-24(35(19)17-21-8-5-9-22(14-21)39-28(29,30)31)25(36)18-33-10-12-34(13-11-33)26(37)15-20-6-3-2-4-7-20/h5,8-9,14,16,20H,2-4,6-7,10-13,15,17-18H2,1H3,(H2,32,38). The molecular formula is C28H35F3N4O4. The molecule has 2 aliphatic rings. The van der Waals surface area contributed by atoms with Gasteiger partial charge in [0.15, 0.2) is 5.78 Å². The monoisotopic (exact) mass is 548 g/mol. The zero-order valence-electron chi connectivity index (χ0n) is 22.1. The minimum atomic E-state index is -4.83. The summed E-state index contributed by atoms with van der Waals surface area (Å²) in [6.45, 7) is 4.00. The van der Waals surface area contributed by atoms with Gasteiger partial charge in [0.2, 0.25) is 5.91 Å². The number of amides is 2. The molecule has 4 rings (SSSR count). The van der Waals surface area contributed by atoms with Crippen molar-refractivity contribution in [1.29, 1.82) is 0 Å². The molecule has 0 atom stereocenters. The fourth-order valence-electron chi connectivity index (χ4n) is 5.56. The summed E-state index contributed by atoms with van der Waals surface area (Å²) in [5.41, 5.74) is 6.86. The molecule has 1 aliphatic heterocycles. The summed E-state index contributed by atoms with van der Waals surface area (Å²) in [5, 5.41) is 0. The van der Waals surface area contributed by atoms with E-state index in [0.29, 0.717) is 49.8 Å². The van der Waals surface area contributed by atoms with Gasteiger partial charge >= 0.3 is 6.36 Å². The lowest BCUT2D eigenvalue weighted by Gasteiger charge is -2.35. The summed E-state index contributed by atoms with van der Waals surface area (Å²) in [4.78, 5) is 42.0. The van der Waals surface area contributed by atoms with Crippen LogP contribution in [0, 0.1) is 12.8 Å². The molecule has 1 saturated carbocycles. The third-order valence-electron chi connectivity index (χ3n) is 7.67. The molecule has 8 nitrogen and oxygen atoms in total. The number of ketones is 1. The number of hydrogen-bond acceptors (Lipinski definition) is 5. The van der Waals surface area contributed by atoms with E-state index in [1.807, 2.05) is 9.80 Å². The SMILES string of the molecule is Cc1c(C(N)=O)cc(C(=O)CN2CCN(C(=O)CC3CCCCC3)CC2)n1Cc1cccc(OC(F)(F)F)c1. The minimum Gasteiger partial charge on any atom is -0.406 e. The number of aromatic nitrogens is 1. The first kappa shape index (κ1) is 28.7. The number of rotatable bonds is 9. The van der Waals surface area contributed by atoms with E-state index >= 15 is 0 Å². The van der Waals surface area contributed by atoms with Crippen LogP contribution in [0.3, 0.4) is 0 Å². The first-order valence-corrected chi connectivity index (χ1v) is 13.4. The second kappa shape index (κ2) is 12.2. The van der Waals surface area contributed by atoms with Crippen LogP contribution in [0.5, 0.6) is 5.75 Å². The Hall–Kier alpha value is -3.34. The van der Waals surface area contributed by atoms with Gasteiger partial charge in [-0.05, 0) is 49.4 Å². The highest BCUT2D eigenvalue weighted by Crippen LogP contribution is 2.27. The predicted octanol–water partition coefficient (Wildman–Crippen LogP) is 4.14. The molecule has 1 aromatic carbocycles. The Labute approximate surface area is 225 Å². The lowest BCUT2D eigenvalue weighted by atomic mass is 9.86. The number of Topliss-reactive ketones (excluding diaryl/α,β-unsaturated/α-hetero) is 1. The van der Waals surface area contributed by atoms with Gasteiger partial charge in [0.1, 0.15) is 5.75 Å². The van der Waals surface area contributed by atoms with Crippen molar-refractivity contribution in [2.45, 2.75) is 58.4 Å². The topological polar surface area (TPSA) is 97.9 Å². The fraction of sp³-hybridized carbons (Fsp3) is 0.536. The quantitative estimate of drug-likeness (QED) is 0.475. The van der Waals surface area contributed by atoms with Gasteiger partial charge in [0.05, 0.1) is 17.8 Å². The minimum absolute atomic E-state index is 0.0543. The first-order chi connectivity index (χ1) is 18.5. The Morgan fingerprint density at radius 2 is 1.72 bits per heavy atom. The zero-order valence-corrected chi connectivity index (χ0v) is 22.1. The number of piperazine rings is 1. The van der Waals surface area contributed by atoms with Crippen molar-refractivity contribution in [3.05, 3.63) is 52.8 Å². The molecule has 39 heavy (non-hydrogen) atoms. The zero-order chi connectivity index (χ0) is 28.2. The summed E-state index contributed by atoms with van der Waals surface area (Å²) < 4.78 is 43.6. The summed E-state index contributed by atoms with van der Waals surface area (Å²) >= 11 is 0. The summed E-state index contributed by atoms with van der Waals surface area (Å²) in [6.07, 6.45) is 1.64. The number of carbonyl (C=O) groups is 3. The van der Waals surface area contributed by atoms with E-state index in [-0.39, 0.29) is 41.8 Å². The molecular weight excluding hydrogens is 513 g/mol. The lowest BCUT2D eigenvalue weighted by molar-refractivity contribution is -0.274. The number of nitrogens with two attached hydrogens (primary N) is 1. The van der Waals surface area contributed by atoms with E-state index in [9.17, 15) is 27.6 Å². The molecule has 2 heterocycles. The largest absolute Gasteiger partial charge is 0.573 e. The molecule has 0 unspecified atom stereocenters. The van der Waals surface area contributed by atoms with E-state index in [4.69, 9.17) is 5.73 Å². The molecule has 2 fully saturated rings. The van der Waals surface area contributed by atoms with Gasteiger partial charge in [-0.15, -0.1) is 13.2 Å². The molecule has 1 aromatic heterocycles. The molecule has 1 saturated heterocycles. The number of alkyl halides is 3. The second-order valence-corrected chi connectivity index (χ2v) is 10.5. The molecule has 11 heteroatoms. The number of ether oxygens (including phenoxy) is 1. The van der Waals surface area contributed by atoms with Gasteiger partial charge < -0.3 is 19.9 Å². The van der Waals surface area contributed by atoms with Crippen molar-refractivity contribution >= 4 is 17.6 Å². The van der Waals surface area contributed by atoms with Crippen molar-refractivity contribution < 1.29 is 32.3 Å². The van der Waals surface area contributed by atoms with Crippen LogP contribution in [0.1, 0.15) is 70.6 Å². The van der Waals surface area contributed by atoms with Gasteiger partial charge in [-0.3, -0.25) is 19.3 Å². The Kier molecular flexibility index (Phi) is 8.99. The van der Waals surface area contributed by atoms with Crippen molar-refractivity contribution in [2.24, 2.45) is 11.7 Å². The van der Waals surface area contributed by atoms with Gasteiger partial charge in [-0.2, -0.15) is 0 Å². The molecule has 1 aliphatic carbocycles. The lowest BCUT2D eigenvalue weighted by Crippen LogP contribution is -2.50. The highest BCUT2D eigenvalue weighted by atomic mass is 19.4. The Balaban J connectivity index is 1.41. The Morgan fingerprint density at radius 3 is 2.36 bits per heavy atom. The molecule has 0 radical (unpaired) electrons. The van der Waals surface area contributed by atoms with Crippen LogP contribution >= 0.6 is 0 Å². The number of nitrogens with zero attached hydrogens (tertiary/aromatic N) is 3. The van der Waals surface area contributed by atoms with Crippen LogP contribution in [0.2, 0.25) is 0 Å².